The molecule has 2 heterocycles. The Morgan fingerprint density at radius 1 is 1.07 bits per heavy atom. The number of hydrogen-bond donors (Lipinski definition) is 1. The number of rotatable bonds is 6. The van der Waals surface area contributed by atoms with E-state index in [2.05, 4.69) is 33.5 Å². The molecule has 0 saturated carbocycles. The number of carbonyl (C=O) groups excluding carboxylic acids is 1. The molecule has 1 N–H and O–H groups in total. The first-order valence-corrected chi connectivity index (χ1v) is 10.8. The first-order valence-electron chi connectivity index (χ1n) is 9.27. The summed E-state index contributed by atoms with van der Waals surface area (Å²) in [6.07, 6.45) is 1.87. The van der Waals surface area contributed by atoms with Crippen molar-refractivity contribution in [1.82, 2.24) is 9.97 Å². The van der Waals surface area contributed by atoms with Crippen LogP contribution in [0.5, 0.6) is 0 Å². The number of halogens is 2. The second-order valence-corrected chi connectivity index (χ2v) is 8.59. The SMILES string of the molecule is CN(CCC(=O)Nc1ccc(Cl)c(Cl)c1)c1ncnc2sc(-c3ccccc3)cc12. The number of benzene rings is 2. The lowest BCUT2D eigenvalue weighted by atomic mass is 10.2. The summed E-state index contributed by atoms with van der Waals surface area (Å²) < 4.78 is 0. The van der Waals surface area contributed by atoms with Crippen molar-refractivity contribution in [3.8, 4) is 10.4 Å². The van der Waals surface area contributed by atoms with Gasteiger partial charge in [-0.15, -0.1) is 11.3 Å². The largest absolute Gasteiger partial charge is 0.359 e. The van der Waals surface area contributed by atoms with Gasteiger partial charge >= 0.3 is 0 Å². The van der Waals surface area contributed by atoms with Gasteiger partial charge in [0.2, 0.25) is 5.91 Å². The number of nitrogens with zero attached hydrogens (tertiary/aromatic N) is 3. The molecule has 152 valence electrons. The Morgan fingerprint density at radius 3 is 2.63 bits per heavy atom. The van der Waals surface area contributed by atoms with Gasteiger partial charge in [-0.05, 0) is 29.8 Å². The minimum Gasteiger partial charge on any atom is -0.359 e. The van der Waals surface area contributed by atoms with Crippen LogP contribution >= 0.6 is 34.5 Å². The van der Waals surface area contributed by atoms with E-state index >= 15 is 0 Å². The molecule has 2 aromatic carbocycles. The molecule has 4 rings (SSSR count). The van der Waals surface area contributed by atoms with Crippen molar-refractivity contribution in [3.05, 3.63) is 71.0 Å². The van der Waals surface area contributed by atoms with Gasteiger partial charge in [-0.1, -0.05) is 53.5 Å². The van der Waals surface area contributed by atoms with Crippen LogP contribution in [0.1, 0.15) is 6.42 Å². The van der Waals surface area contributed by atoms with Gasteiger partial charge in [0.05, 0.1) is 15.4 Å². The van der Waals surface area contributed by atoms with Crippen LogP contribution in [0.3, 0.4) is 0 Å². The Kier molecular flexibility index (Phi) is 6.18. The Morgan fingerprint density at radius 2 is 1.87 bits per heavy atom. The van der Waals surface area contributed by atoms with Crippen LogP contribution in [0.15, 0.2) is 60.9 Å². The van der Waals surface area contributed by atoms with Gasteiger partial charge < -0.3 is 10.2 Å². The third kappa shape index (κ3) is 4.56. The molecule has 0 fully saturated rings. The number of aromatic nitrogens is 2. The lowest BCUT2D eigenvalue weighted by molar-refractivity contribution is -0.116. The Hall–Kier alpha value is -2.67. The molecule has 0 spiro atoms. The number of thiophene rings is 1. The van der Waals surface area contributed by atoms with Gasteiger partial charge in [0.1, 0.15) is 17.0 Å². The Bertz CT molecular complexity index is 1200. The summed E-state index contributed by atoms with van der Waals surface area (Å²) in [5.74, 6) is 0.696. The van der Waals surface area contributed by atoms with E-state index in [9.17, 15) is 4.79 Å². The average Bonchev–Trinajstić information content (AvgIpc) is 3.20. The summed E-state index contributed by atoms with van der Waals surface area (Å²) in [4.78, 5) is 25.3. The summed E-state index contributed by atoms with van der Waals surface area (Å²) >= 11 is 13.5. The zero-order chi connectivity index (χ0) is 21.1. The minimum atomic E-state index is -0.110. The molecular weight excluding hydrogens is 439 g/mol. The summed E-state index contributed by atoms with van der Waals surface area (Å²) in [5, 5.41) is 4.68. The average molecular weight is 457 g/mol. The summed E-state index contributed by atoms with van der Waals surface area (Å²) in [6.45, 7) is 0.510. The van der Waals surface area contributed by atoms with Gasteiger partial charge in [-0.3, -0.25) is 4.79 Å². The highest BCUT2D eigenvalue weighted by molar-refractivity contribution is 7.21. The zero-order valence-corrected chi connectivity index (χ0v) is 18.4. The molecule has 0 aliphatic rings. The fourth-order valence-corrected chi connectivity index (χ4v) is 4.36. The molecule has 0 aliphatic carbocycles. The normalized spacial score (nSPS) is 10.9. The van der Waals surface area contributed by atoms with Crippen LogP contribution in [0.25, 0.3) is 20.7 Å². The maximum Gasteiger partial charge on any atom is 0.226 e. The van der Waals surface area contributed by atoms with Crippen molar-refractivity contribution in [2.24, 2.45) is 0 Å². The van der Waals surface area contributed by atoms with Crippen molar-refractivity contribution < 1.29 is 4.79 Å². The minimum absolute atomic E-state index is 0.110. The maximum absolute atomic E-state index is 12.4. The summed E-state index contributed by atoms with van der Waals surface area (Å²) in [6, 6.07) is 17.3. The molecule has 1 amide bonds. The third-order valence-corrected chi connectivity index (χ3v) is 6.44. The summed E-state index contributed by atoms with van der Waals surface area (Å²) in [5.41, 5.74) is 1.77. The second kappa shape index (κ2) is 9.00. The predicted octanol–water partition coefficient (Wildman–Crippen LogP) is 6.13. The lowest BCUT2D eigenvalue weighted by Gasteiger charge is -2.18. The molecule has 4 aromatic rings. The summed E-state index contributed by atoms with van der Waals surface area (Å²) in [7, 11) is 1.92. The topological polar surface area (TPSA) is 58.1 Å². The van der Waals surface area contributed by atoms with Crippen molar-refractivity contribution in [2.45, 2.75) is 6.42 Å². The van der Waals surface area contributed by atoms with E-state index < -0.39 is 0 Å². The first-order chi connectivity index (χ1) is 14.5. The lowest BCUT2D eigenvalue weighted by Crippen LogP contribution is -2.24. The van der Waals surface area contributed by atoms with Gasteiger partial charge in [0.15, 0.2) is 0 Å². The van der Waals surface area contributed by atoms with E-state index in [1.165, 1.54) is 0 Å². The van der Waals surface area contributed by atoms with E-state index in [0.717, 1.165) is 26.5 Å². The number of hydrogen-bond acceptors (Lipinski definition) is 5. The molecule has 0 aliphatic heterocycles. The molecule has 5 nitrogen and oxygen atoms in total. The van der Waals surface area contributed by atoms with Crippen LogP contribution in [-0.4, -0.2) is 29.5 Å². The fraction of sp³-hybridized carbons (Fsp3) is 0.136. The predicted molar refractivity (Wildman–Crippen MR) is 126 cm³/mol. The van der Waals surface area contributed by atoms with Gasteiger partial charge in [0.25, 0.3) is 0 Å². The quantitative estimate of drug-likeness (QED) is 0.379. The number of anilines is 2. The molecule has 0 bridgehead atoms. The zero-order valence-electron chi connectivity index (χ0n) is 16.1. The van der Waals surface area contributed by atoms with Crippen molar-refractivity contribution in [3.63, 3.8) is 0 Å². The van der Waals surface area contributed by atoms with Gasteiger partial charge in [0, 0.05) is 30.6 Å². The molecule has 0 atom stereocenters. The molecule has 8 heteroatoms. The van der Waals surface area contributed by atoms with Crippen molar-refractivity contribution >= 4 is 62.2 Å². The van der Waals surface area contributed by atoms with Crippen LogP contribution in [0, 0.1) is 0 Å². The van der Waals surface area contributed by atoms with Crippen molar-refractivity contribution in [1.29, 1.82) is 0 Å². The van der Waals surface area contributed by atoms with E-state index in [0.29, 0.717) is 28.7 Å². The van der Waals surface area contributed by atoms with Gasteiger partial charge in [-0.25, -0.2) is 9.97 Å². The molecule has 0 unspecified atom stereocenters. The highest BCUT2D eigenvalue weighted by atomic mass is 35.5. The first kappa shape index (κ1) is 20.6. The standard InChI is InChI=1S/C22H18Cl2N4OS/c1-28(10-9-20(29)27-15-7-8-17(23)18(24)11-15)21-16-12-19(14-5-3-2-4-6-14)30-22(16)26-13-25-21/h2-8,11-13H,9-10H2,1H3,(H,27,29). The molecule has 0 radical (unpaired) electrons. The molecule has 0 saturated heterocycles. The third-order valence-electron chi connectivity index (χ3n) is 4.61. The Balaban J connectivity index is 1.46. The number of nitrogens with one attached hydrogen (secondary N) is 1. The number of carbonyl (C=O) groups is 1. The van der Waals surface area contributed by atoms with Crippen molar-refractivity contribution in [2.75, 3.05) is 23.8 Å². The fourth-order valence-electron chi connectivity index (χ4n) is 3.06. The van der Waals surface area contributed by atoms with Crippen LogP contribution < -0.4 is 10.2 Å². The van der Waals surface area contributed by atoms with Crippen LogP contribution in [0.4, 0.5) is 11.5 Å². The van der Waals surface area contributed by atoms with Crippen LogP contribution in [0.2, 0.25) is 10.0 Å². The molecule has 2 aromatic heterocycles. The maximum atomic E-state index is 12.4. The highest BCUT2D eigenvalue weighted by Gasteiger charge is 2.14. The molecular formula is C22H18Cl2N4OS. The monoisotopic (exact) mass is 456 g/mol. The van der Waals surface area contributed by atoms with Crippen LogP contribution in [-0.2, 0) is 4.79 Å². The highest BCUT2D eigenvalue weighted by Crippen LogP contribution is 2.35. The van der Waals surface area contributed by atoms with E-state index in [1.807, 2.05) is 30.1 Å². The molecule has 30 heavy (non-hydrogen) atoms. The second-order valence-electron chi connectivity index (χ2n) is 6.74. The number of amides is 1. The smallest absolute Gasteiger partial charge is 0.226 e. The van der Waals surface area contributed by atoms with E-state index in [-0.39, 0.29) is 5.91 Å². The van der Waals surface area contributed by atoms with Gasteiger partial charge in [-0.2, -0.15) is 0 Å². The van der Waals surface area contributed by atoms with E-state index in [4.69, 9.17) is 23.2 Å². The van der Waals surface area contributed by atoms with E-state index in [1.54, 1.807) is 35.9 Å². The number of fused-ring (bicyclic) bond motifs is 1. The Labute approximate surface area is 188 Å².